The molecule has 0 bridgehead atoms. The quantitative estimate of drug-likeness (QED) is 0.649. The molecule has 3 aromatic rings. The summed E-state index contributed by atoms with van der Waals surface area (Å²) in [7, 11) is 3.15. The first-order valence-corrected chi connectivity index (χ1v) is 7.60. The minimum atomic E-state index is 0.330. The van der Waals surface area contributed by atoms with Crippen LogP contribution in [-0.2, 0) is 0 Å². The van der Waals surface area contributed by atoms with E-state index in [0.717, 1.165) is 4.88 Å². The number of nitrogens with zero attached hydrogens (tertiary/aromatic N) is 2. The molecule has 0 aliphatic heterocycles. The van der Waals surface area contributed by atoms with Crippen molar-refractivity contribution < 1.29 is 9.47 Å². The van der Waals surface area contributed by atoms with E-state index in [2.05, 4.69) is 9.97 Å². The molecule has 4 nitrogen and oxygen atoms in total. The van der Waals surface area contributed by atoms with Gasteiger partial charge in [-0.2, -0.15) is 0 Å². The van der Waals surface area contributed by atoms with Gasteiger partial charge in [0.15, 0.2) is 5.82 Å². The van der Waals surface area contributed by atoms with Crippen molar-refractivity contribution in [1.82, 2.24) is 9.97 Å². The highest BCUT2D eigenvalue weighted by Gasteiger charge is 2.16. The maximum Gasteiger partial charge on any atom is 0.173 e. The summed E-state index contributed by atoms with van der Waals surface area (Å²) in [6, 6.07) is 5.33. The van der Waals surface area contributed by atoms with Crippen LogP contribution in [0.3, 0.4) is 0 Å². The molecule has 21 heavy (non-hydrogen) atoms. The van der Waals surface area contributed by atoms with Crippen molar-refractivity contribution in [3.63, 3.8) is 0 Å². The molecule has 1 aromatic carbocycles. The van der Waals surface area contributed by atoms with Crippen molar-refractivity contribution >= 4 is 45.4 Å². The topological polar surface area (TPSA) is 44.2 Å². The molecule has 0 fully saturated rings. The zero-order valence-corrected chi connectivity index (χ0v) is 13.5. The van der Waals surface area contributed by atoms with E-state index in [1.54, 1.807) is 32.4 Å². The number of halogens is 2. The third-order valence-corrected chi connectivity index (χ3v) is 4.59. The van der Waals surface area contributed by atoms with Crippen LogP contribution in [-0.4, -0.2) is 24.2 Å². The Hall–Kier alpha value is -1.56. The van der Waals surface area contributed by atoms with E-state index in [1.165, 1.54) is 11.3 Å². The first-order chi connectivity index (χ1) is 10.1. The summed E-state index contributed by atoms with van der Waals surface area (Å²) in [6.07, 6.45) is 0. The van der Waals surface area contributed by atoms with Crippen LogP contribution in [0.1, 0.15) is 0 Å². The van der Waals surface area contributed by atoms with Crippen LogP contribution < -0.4 is 9.47 Å². The van der Waals surface area contributed by atoms with Crippen LogP contribution in [0.4, 0.5) is 0 Å². The molecule has 0 atom stereocenters. The molecular weight excluding hydrogens is 331 g/mol. The van der Waals surface area contributed by atoms with Crippen molar-refractivity contribution in [2.24, 2.45) is 0 Å². The Morgan fingerprint density at radius 2 is 1.90 bits per heavy atom. The Balaban J connectivity index is 2.31. The van der Waals surface area contributed by atoms with Gasteiger partial charge in [0.25, 0.3) is 0 Å². The number of rotatable bonds is 3. The number of methoxy groups -OCH3 is 2. The second-order valence-corrected chi connectivity index (χ2v) is 5.84. The van der Waals surface area contributed by atoms with E-state index in [4.69, 9.17) is 32.7 Å². The summed E-state index contributed by atoms with van der Waals surface area (Å²) >= 11 is 13.9. The SMILES string of the molecule is COc1cc(OC)c2nc(-c3sccc3Cl)nc(Cl)c2c1. The predicted octanol–water partition coefficient (Wildman–Crippen LogP) is 4.68. The van der Waals surface area contributed by atoms with E-state index in [1.807, 2.05) is 5.38 Å². The maximum atomic E-state index is 6.29. The van der Waals surface area contributed by atoms with Crippen LogP contribution in [0, 0.1) is 0 Å². The molecule has 7 heteroatoms. The molecule has 0 radical (unpaired) electrons. The zero-order chi connectivity index (χ0) is 15.0. The lowest BCUT2D eigenvalue weighted by molar-refractivity contribution is 0.397. The van der Waals surface area contributed by atoms with Gasteiger partial charge in [-0.05, 0) is 17.5 Å². The molecule has 0 N–H and O–H groups in total. The highest BCUT2D eigenvalue weighted by molar-refractivity contribution is 7.14. The monoisotopic (exact) mass is 340 g/mol. The second kappa shape index (κ2) is 5.67. The lowest BCUT2D eigenvalue weighted by Gasteiger charge is -2.10. The minimum absolute atomic E-state index is 0.330. The van der Waals surface area contributed by atoms with Crippen LogP contribution in [0.15, 0.2) is 23.6 Å². The van der Waals surface area contributed by atoms with E-state index < -0.39 is 0 Å². The molecule has 3 rings (SSSR count). The van der Waals surface area contributed by atoms with Crippen LogP contribution in [0.2, 0.25) is 10.2 Å². The van der Waals surface area contributed by atoms with Crippen molar-refractivity contribution in [3.8, 4) is 22.2 Å². The normalized spacial score (nSPS) is 10.9. The average Bonchev–Trinajstić information content (AvgIpc) is 2.92. The largest absolute Gasteiger partial charge is 0.497 e. The first-order valence-electron chi connectivity index (χ1n) is 5.96. The minimum Gasteiger partial charge on any atom is -0.497 e. The van der Waals surface area contributed by atoms with E-state index in [-0.39, 0.29) is 0 Å². The van der Waals surface area contributed by atoms with Crippen molar-refractivity contribution in [2.45, 2.75) is 0 Å². The number of thiophene rings is 1. The smallest absolute Gasteiger partial charge is 0.173 e. The van der Waals surface area contributed by atoms with Crippen molar-refractivity contribution in [3.05, 3.63) is 33.8 Å². The van der Waals surface area contributed by atoms with Crippen LogP contribution in [0.5, 0.6) is 11.5 Å². The molecule has 0 amide bonds. The van der Waals surface area contributed by atoms with E-state index in [9.17, 15) is 0 Å². The number of ether oxygens (including phenoxy) is 2. The lowest BCUT2D eigenvalue weighted by atomic mass is 10.2. The number of benzene rings is 1. The second-order valence-electron chi connectivity index (χ2n) is 4.16. The summed E-state index contributed by atoms with van der Waals surface area (Å²) in [4.78, 5) is 9.64. The Morgan fingerprint density at radius 3 is 2.52 bits per heavy atom. The fraction of sp³-hybridized carbons (Fsp3) is 0.143. The average molecular weight is 341 g/mol. The van der Waals surface area contributed by atoms with Crippen molar-refractivity contribution in [1.29, 1.82) is 0 Å². The molecule has 2 aromatic heterocycles. The van der Waals surface area contributed by atoms with Gasteiger partial charge in [-0.1, -0.05) is 23.2 Å². The van der Waals surface area contributed by atoms with Gasteiger partial charge in [0, 0.05) is 11.5 Å². The van der Waals surface area contributed by atoms with Gasteiger partial charge >= 0.3 is 0 Å². The van der Waals surface area contributed by atoms with Crippen LogP contribution in [0.25, 0.3) is 21.6 Å². The Bertz CT molecular complexity index is 820. The molecule has 0 saturated heterocycles. The van der Waals surface area contributed by atoms with Gasteiger partial charge in [-0.15, -0.1) is 11.3 Å². The highest BCUT2D eigenvalue weighted by atomic mass is 35.5. The van der Waals surface area contributed by atoms with Gasteiger partial charge in [0.2, 0.25) is 0 Å². The zero-order valence-electron chi connectivity index (χ0n) is 11.2. The molecule has 0 unspecified atom stereocenters. The Kier molecular flexibility index (Phi) is 3.89. The van der Waals surface area contributed by atoms with E-state index >= 15 is 0 Å². The molecule has 0 spiro atoms. The fourth-order valence-corrected chi connectivity index (χ4v) is 3.27. The standard InChI is InChI=1S/C14H10Cl2N2O2S/c1-19-7-5-8-11(10(6-7)20-2)17-14(18-13(8)16)12-9(15)3-4-21-12/h3-6H,1-2H3. The van der Waals surface area contributed by atoms with E-state index in [0.29, 0.717) is 38.4 Å². The molecule has 108 valence electrons. The van der Waals surface area contributed by atoms with Gasteiger partial charge in [0.1, 0.15) is 22.2 Å². The summed E-state index contributed by atoms with van der Waals surface area (Å²) in [5.41, 5.74) is 0.623. The summed E-state index contributed by atoms with van der Waals surface area (Å²) in [6.45, 7) is 0. The third-order valence-electron chi connectivity index (χ3n) is 2.97. The predicted molar refractivity (Wildman–Crippen MR) is 86.0 cm³/mol. The molecule has 0 saturated carbocycles. The molecule has 0 aliphatic carbocycles. The fourth-order valence-electron chi connectivity index (χ4n) is 1.97. The number of fused-ring (bicyclic) bond motifs is 1. The Labute approximate surface area is 135 Å². The molecule has 0 aliphatic rings. The van der Waals surface area contributed by atoms with Gasteiger partial charge in [0.05, 0.1) is 24.1 Å². The maximum absolute atomic E-state index is 6.29. The first kappa shape index (κ1) is 14.4. The number of hydrogen-bond donors (Lipinski definition) is 0. The molecular formula is C14H10Cl2N2O2S. The number of hydrogen-bond acceptors (Lipinski definition) is 5. The highest BCUT2D eigenvalue weighted by Crippen LogP contribution is 2.37. The van der Waals surface area contributed by atoms with Crippen LogP contribution >= 0.6 is 34.5 Å². The Morgan fingerprint density at radius 1 is 1.10 bits per heavy atom. The summed E-state index contributed by atoms with van der Waals surface area (Å²) in [5.74, 6) is 1.69. The lowest BCUT2D eigenvalue weighted by Crippen LogP contribution is -1.95. The summed E-state index contributed by atoms with van der Waals surface area (Å²) < 4.78 is 10.6. The third kappa shape index (κ3) is 2.52. The number of aromatic nitrogens is 2. The van der Waals surface area contributed by atoms with Gasteiger partial charge in [-0.3, -0.25) is 0 Å². The van der Waals surface area contributed by atoms with Crippen molar-refractivity contribution in [2.75, 3.05) is 14.2 Å². The molecule has 2 heterocycles. The van der Waals surface area contributed by atoms with Gasteiger partial charge < -0.3 is 9.47 Å². The summed E-state index contributed by atoms with van der Waals surface area (Å²) in [5, 5.41) is 3.48. The van der Waals surface area contributed by atoms with Gasteiger partial charge in [-0.25, -0.2) is 9.97 Å².